The van der Waals surface area contributed by atoms with Crippen LogP contribution in [0.15, 0.2) is 22.8 Å². The number of carbonyl (C=O) groups excluding carboxylic acids is 1. The van der Waals surface area contributed by atoms with Crippen LogP contribution in [0.5, 0.6) is 0 Å². The highest BCUT2D eigenvalue weighted by molar-refractivity contribution is 5.73. The molecule has 15 heavy (non-hydrogen) atoms. The van der Waals surface area contributed by atoms with E-state index in [1.54, 1.807) is 18.4 Å². The zero-order chi connectivity index (χ0) is 10.8. The van der Waals surface area contributed by atoms with Gasteiger partial charge in [-0.1, -0.05) is 0 Å². The van der Waals surface area contributed by atoms with Crippen molar-refractivity contribution in [1.29, 1.82) is 0 Å². The van der Waals surface area contributed by atoms with Crippen molar-refractivity contribution in [2.75, 3.05) is 0 Å². The van der Waals surface area contributed by atoms with E-state index in [9.17, 15) is 4.79 Å². The van der Waals surface area contributed by atoms with Gasteiger partial charge in [0.05, 0.1) is 11.8 Å². The SMILES string of the molecule is Cc1cc(C=O)nc(-c2ccoc2C)n1. The maximum atomic E-state index is 10.7. The van der Waals surface area contributed by atoms with Gasteiger partial charge in [-0.05, 0) is 26.0 Å². The third-order valence-corrected chi connectivity index (χ3v) is 2.09. The molecule has 0 bridgehead atoms. The molecule has 2 heterocycles. The highest BCUT2D eigenvalue weighted by Gasteiger charge is 2.09. The fourth-order valence-corrected chi connectivity index (χ4v) is 1.39. The summed E-state index contributed by atoms with van der Waals surface area (Å²) >= 11 is 0. The molecule has 0 atom stereocenters. The van der Waals surface area contributed by atoms with Crippen LogP contribution in [0, 0.1) is 13.8 Å². The topological polar surface area (TPSA) is 56.0 Å². The molecule has 2 aromatic rings. The van der Waals surface area contributed by atoms with E-state index in [0.29, 0.717) is 17.8 Å². The van der Waals surface area contributed by atoms with Gasteiger partial charge in [0, 0.05) is 5.69 Å². The molecule has 4 nitrogen and oxygen atoms in total. The van der Waals surface area contributed by atoms with Crippen LogP contribution < -0.4 is 0 Å². The minimum atomic E-state index is 0.387. The quantitative estimate of drug-likeness (QED) is 0.700. The second-order valence-corrected chi connectivity index (χ2v) is 3.27. The van der Waals surface area contributed by atoms with Gasteiger partial charge >= 0.3 is 0 Å². The predicted octanol–water partition coefficient (Wildman–Crippen LogP) is 2.17. The Labute approximate surface area is 87.0 Å². The molecule has 0 amide bonds. The number of aldehydes is 1. The molecule has 0 N–H and O–H groups in total. The number of aryl methyl sites for hydroxylation is 2. The van der Waals surface area contributed by atoms with Crippen molar-refractivity contribution in [3.05, 3.63) is 35.5 Å². The summed E-state index contributed by atoms with van der Waals surface area (Å²) in [5.41, 5.74) is 1.97. The summed E-state index contributed by atoms with van der Waals surface area (Å²) in [6.07, 6.45) is 2.30. The zero-order valence-corrected chi connectivity index (χ0v) is 8.52. The highest BCUT2D eigenvalue weighted by atomic mass is 16.3. The Balaban J connectivity index is 2.58. The summed E-state index contributed by atoms with van der Waals surface area (Å²) in [4.78, 5) is 19.0. The molecule has 0 saturated heterocycles. The third kappa shape index (κ3) is 1.79. The molecular formula is C11H10N2O2. The van der Waals surface area contributed by atoms with Gasteiger partial charge in [-0.25, -0.2) is 9.97 Å². The minimum Gasteiger partial charge on any atom is -0.469 e. The van der Waals surface area contributed by atoms with Crippen molar-refractivity contribution >= 4 is 6.29 Å². The number of rotatable bonds is 2. The maximum Gasteiger partial charge on any atom is 0.168 e. The molecule has 0 aliphatic rings. The van der Waals surface area contributed by atoms with Gasteiger partial charge in [0.2, 0.25) is 0 Å². The number of nitrogens with zero attached hydrogens (tertiary/aromatic N) is 2. The second kappa shape index (κ2) is 3.65. The fourth-order valence-electron chi connectivity index (χ4n) is 1.39. The lowest BCUT2D eigenvalue weighted by Crippen LogP contribution is -1.96. The van der Waals surface area contributed by atoms with Crippen LogP contribution in [-0.2, 0) is 0 Å². The van der Waals surface area contributed by atoms with Crippen molar-refractivity contribution in [2.24, 2.45) is 0 Å². The molecule has 0 aromatic carbocycles. The average molecular weight is 202 g/mol. The molecule has 0 aliphatic carbocycles. The normalized spacial score (nSPS) is 10.3. The van der Waals surface area contributed by atoms with Gasteiger partial charge in [-0.3, -0.25) is 4.79 Å². The predicted molar refractivity (Wildman–Crippen MR) is 54.6 cm³/mol. The van der Waals surface area contributed by atoms with Crippen molar-refractivity contribution in [3.63, 3.8) is 0 Å². The molecule has 0 aliphatic heterocycles. The van der Waals surface area contributed by atoms with Gasteiger partial charge in [0.25, 0.3) is 0 Å². The van der Waals surface area contributed by atoms with Gasteiger partial charge in [-0.15, -0.1) is 0 Å². The summed E-state index contributed by atoms with van der Waals surface area (Å²) < 4.78 is 5.16. The Morgan fingerprint density at radius 2 is 2.13 bits per heavy atom. The summed E-state index contributed by atoms with van der Waals surface area (Å²) in [7, 11) is 0. The first-order valence-electron chi connectivity index (χ1n) is 4.56. The molecule has 0 saturated carbocycles. The van der Waals surface area contributed by atoms with Gasteiger partial charge in [0.15, 0.2) is 12.1 Å². The van der Waals surface area contributed by atoms with E-state index >= 15 is 0 Å². The Hall–Kier alpha value is -1.97. The van der Waals surface area contributed by atoms with Gasteiger partial charge in [-0.2, -0.15) is 0 Å². The van der Waals surface area contributed by atoms with E-state index in [1.807, 2.05) is 13.8 Å². The van der Waals surface area contributed by atoms with Gasteiger partial charge in [0.1, 0.15) is 11.5 Å². The van der Waals surface area contributed by atoms with E-state index in [0.717, 1.165) is 17.0 Å². The fraction of sp³-hybridized carbons (Fsp3) is 0.182. The zero-order valence-electron chi connectivity index (χ0n) is 8.52. The minimum absolute atomic E-state index is 0.387. The molecular weight excluding hydrogens is 192 g/mol. The lowest BCUT2D eigenvalue weighted by Gasteiger charge is -2.00. The summed E-state index contributed by atoms with van der Waals surface area (Å²) in [5.74, 6) is 1.28. The van der Waals surface area contributed by atoms with Crippen LogP contribution in [0.3, 0.4) is 0 Å². The van der Waals surface area contributed by atoms with E-state index in [4.69, 9.17) is 4.42 Å². The number of carbonyl (C=O) groups is 1. The standard InChI is InChI=1S/C11H10N2O2/c1-7-5-9(6-14)13-11(12-7)10-3-4-15-8(10)2/h3-6H,1-2H3. The largest absolute Gasteiger partial charge is 0.469 e. The van der Waals surface area contributed by atoms with Crippen LogP contribution >= 0.6 is 0 Å². The third-order valence-electron chi connectivity index (χ3n) is 2.09. The van der Waals surface area contributed by atoms with Crippen molar-refractivity contribution in [1.82, 2.24) is 9.97 Å². The van der Waals surface area contributed by atoms with Crippen LogP contribution in [0.4, 0.5) is 0 Å². The summed E-state index contributed by atoms with van der Waals surface area (Å²) in [5, 5.41) is 0. The number of aromatic nitrogens is 2. The molecule has 0 unspecified atom stereocenters. The lowest BCUT2D eigenvalue weighted by atomic mass is 10.2. The first-order valence-corrected chi connectivity index (χ1v) is 4.56. The van der Waals surface area contributed by atoms with Crippen molar-refractivity contribution in [2.45, 2.75) is 13.8 Å². The Kier molecular flexibility index (Phi) is 2.33. The van der Waals surface area contributed by atoms with Crippen LogP contribution in [-0.4, -0.2) is 16.3 Å². The van der Waals surface area contributed by atoms with Crippen LogP contribution in [0.25, 0.3) is 11.4 Å². The van der Waals surface area contributed by atoms with Crippen LogP contribution in [0.1, 0.15) is 21.9 Å². The maximum absolute atomic E-state index is 10.7. The smallest absolute Gasteiger partial charge is 0.168 e. The van der Waals surface area contributed by atoms with E-state index < -0.39 is 0 Å². The Morgan fingerprint density at radius 3 is 2.73 bits per heavy atom. The van der Waals surface area contributed by atoms with Gasteiger partial charge < -0.3 is 4.42 Å². The first-order chi connectivity index (χ1) is 7.20. The molecule has 2 rings (SSSR count). The number of hydrogen-bond acceptors (Lipinski definition) is 4. The van der Waals surface area contributed by atoms with Crippen molar-refractivity contribution < 1.29 is 9.21 Å². The monoisotopic (exact) mass is 202 g/mol. The highest BCUT2D eigenvalue weighted by Crippen LogP contribution is 2.20. The number of furan rings is 1. The lowest BCUT2D eigenvalue weighted by molar-refractivity contribution is 0.111. The summed E-state index contributed by atoms with van der Waals surface area (Å²) in [6, 6.07) is 3.44. The number of hydrogen-bond donors (Lipinski definition) is 0. The Morgan fingerprint density at radius 1 is 1.33 bits per heavy atom. The molecule has 2 aromatic heterocycles. The molecule has 0 fully saturated rings. The molecule has 76 valence electrons. The average Bonchev–Trinajstić information content (AvgIpc) is 2.63. The molecule has 0 radical (unpaired) electrons. The van der Waals surface area contributed by atoms with E-state index in [-0.39, 0.29) is 0 Å². The van der Waals surface area contributed by atoms with E-state index in [2.05, 4.69) is 9.97 Å². The second-order valence-electron chi connectivity index (χ2n) is 3.27. The first kappa shape index (κ1) is 9.58. The molecule has 4 heteroatoms. The van der Waals surface area contributed by atoms with Crippen molar-refractivity contribution in [3.8, 4) is 11.4 Å². The van der Waals surface area contributed by atoms with Crippen LogP contribution in [0.2, 0.25) is 0 Å². The van der Waals surface area contributed by atoms with E-state index in [1.165, 1.54) is 0 Å². The molecule has 0 spiro atoms. The summed E-state index contributed by atoms with van der Waals surface area (Å²) in [6.45, 7) is 3.66. The Bertz CT molecular complexity index is 503.